The van der Waals surface area contributed by atoms with Crippen LogP contribution in [0.15, 0.2) is 40.9 Å². The quantitative estimate of drug-likeness (QED) is 0.681. The van der Waals surface area contributed by atoms with Crippen LogP contribution in [-0.2, 0) is 6.42 Å². The maximum absolute atomic E-state index is 14.2. The molecule has 0 aliphatic carbocycles. The SMILES string of the molecule is CCNC(Cc1ccc(Cl)c(Cl)c1)c1c(F)cccc1Br. The number of rotatable bonds is 5. The van der Waals surface area contributed by atoms with Crippen LogP contribution in [0, 0.1) is 5.82 Å². The Morgan fingerprint density at radius 2 is 1.95 bits per heavy atom. The monoisotopic (exact) mass is 389 g/mol. The summed E-state index contributed by atoms with van der Waals surface area (Å²) in [6.07, 6.45) is 0.629. The van der Waals surface area contributed by atoms with Crippen LogP contribution in [0.3, 0.4) is 0 Å². The van der Waals surface area contributed by atoms with Gasteiger partial charge in [-0.15, -0.1) is 0 Å². The van der Waals surface area contributed by atoms with Crippen LogP contribution in [0.2, 0.25) is 10.0 Å². The summed E-state index contributed by atoms with van der Waals surface area (Å²) in [7, 11) is 0. The molecular weight excluding hydrogens is 376 g/mol. The fourth-order valence-electron chi connectivity index (χ4n) is 2.27. The zero-order valence-electron chi connectivity index (χ0n) is 11.5. The van der Waals surface area contributed by atoms with Crippen LogP contribution in [0.4, 0.5) is 4.39 Å². The van der Waals surface area contributed by atoms with Gasteiger partial charge >= 0.3 is 0 Å². The van der Waals surface area contributed by atoms with Crippen LogP contribution in [-0.4, -0.2) is 6.54 Å². The van der Waals surface area contributed by atoms with Crippen molar-refractivity contribution in [2.75, 3.05) is 6.54 Å². The third-order valence-corrected chi connectivity index (χ3v) is 4.65. The van der Waals surface area contributed by atoms with Crippen molar-refractivity contribution in [3.8, 4) is 0 Å². The van der Waals surface area contributed by atoms with E-state index in [2.05, 4.69) is 21.2 Å². The van der Waals surface area contributed by atoms with E-state index in [0.717, 1.165) is 16.6 Å². The van der Waals surface area contributed by atoms with E-state index in [0.29, 0.717) is 22.0 Å². The van der Waals surface area contributed by atoms with Gasteiger partial charge in [0.05, 0.1) is 10.0 Å². The molecule has 2 aromatic carbocycles. The van der Waals surface area contributed by atoms with E-state index in [1.165, 1.54) is 6.07 Å². The Labute approximate surface area is 142 Å². The molecule has 0 amide bonds. The van der Waals surface area contributed by atoms with Crippen molar-refractivity contribution >= 4 is 39.1 Å². The Balaban J connectivity index is 2.33. The minimum Gasteiger partial charge on any atom is -0.310 e. The first-order valence-electron chi connectivity index (χ1n) is 6.64. The van der Waals surface area contributed by atoms with Gasteiger partial charge in [-0.25, -0.2) is 4.39 Å². The second kappa shape index (κ2) is 7.59. The smallest absolute Gasteiger partial charge is 0.129 e. The molecule has 1 unspecified atom stereocenters. The zero-order chi connectivity index (χ0) is 15.4. The molecule has 0 spiro atoms. The third kappa shape index (κ3) is 4.19. The number of nitrogens with one attached hydrogen (secondary N) is 1. The normalized spacial score (nSPS) is 12.4. The highest BCUT2D eigenvalue weighted by Gasteiger charge is 2.18. The van der Waals surface area contributed by atoms with Gasteiger partial charge in [0.15, 0.2) is 0 Å². The molecule has 5 heteroatoms. The van der Waals surface area contributed by atoms with E-state index < -0.39 is 0 Å². The molecule has 0 saturated heterocycles. The van der Waals surface area contributed by atoms with E-state index in [9.17, 15) is 4.39 Å². The van der Waals surface area contributed by atoms with Crippen molar-refractivity contribution in [1.82, 2.24) is 5.32 Å². The van der Waals surface area contributed by atoms with Crippen molar-refractivity contribution in [1.29, 1.82) is 0 Å². The number of likely N-dealkylation sites (N-methyl/N-ethyl adjacent to an activating group) is 1. The standard InChI is InChI=1S/C16H15BrCl2FN/c1-2-21-15(16-11(17)4-3-5-14(16)20)9-10-6-7-12(18)13(19)8-10/h3-8,15,21H,2,9H2,1H3. The molecule has 0 aliphatic heterocycles. The van der Waals surface area contributed by atoms with Crippen molar-refractivity contribution in [3.05, 3.63) is 67.9 Å². The first-order valence-corrected chi connectivity index (χ1v) is 8.19. The average Bonchev–Trinajstić information content (AvgIpc) is 2.43. The molecule has 0 fully saturated rings. The molecule has 21 heavy (non-hydrogen) atoms. The van der Waals surface area contributed by atoms with Gasteiger partial charge in [0.25, 0.3) is 0 Å². The summed E-state index contributed by atoms with van der Waals surface area (Å²) in [5.74, 6) is -0.226. The average molecular weight is 391 g/mol. The van der Waals surface area contributed by atoms with Crippen LogP contribution in [0.25, 0.3) is 0 Å². The Kier molecular flexibility index (Phi) is 6.06. The van der Waals surface area contributed by atoms with Crippen LogP contribution in [0.5, 0.6) is 0 Å². The van der Waals surface area contributed by atoms with Crippen LogP contribution < -0.4 is 5.32 Å². The van der Waals surface area contributed by atoms with Gasteiger partial charge in [0, 0.05) is 16.1 Å². The Morgan fingerprint density at radius 3 is 2.57 bits per heavy atom. The second-order valence-corrected chi connectivity index (χ2v) is 6.37. The predicted molar refractivity (Wildman–Crippen MR) is 90.7 cm³/mol. The number of halogens is 4. The molecular formula is C16H15BrCl2FN. The molecule has 0 radical (unpaired) electrons. The minimum absolute atomic E-state index is 0.136. The van der Waals surface area contributed by atoms with Gasteiger partial charge in [-0.3, -0.25) is 0 Å². The predicted octanol–water partition coefficient (Wildman–Crippen LogP) is 5.79. The summed E-state index contributed by atoms with van der Waals surface area (Å²) in [6, 6.07) is 10.4. The number of benzene rings is 2. The lowest BCUT2D eigenvalue weighted by atomic mass is 9.98. The molecule has 112 valence electrons. The first kappa shape index (κ1) is 16.8. The van der Waals surface area contributed by atoms with Gasteiger partial charge < -0.3 is 5.32 Å². The Hall–Kier alpha value is -0.610. The van der Waals surface area contributed by atoms with E-state index >= 15 is 0 Å². The molecule has 2 rings (SSSR count). The van der Waals surface area contributed by atoms with E-state index in [-0.39, 0.29) is 11.9 Å². The Bertz CT molecular complexity index is 613. The third-order valence-electron chi connectivity index (χ3n) is 3.22. The molecule has 0 heterocycles. The summed E-state index contributed by atoms with van der Waals surface area (Å²) >= 11 is 15.4. The Morgan fingerprint density at radius 1 is 1.19 bits per heavy atom. The highest BCUT2D eigenvalue weighted by Crippen LogP contribution is 2.30. The molecule has 0 bridgehead atoms. The molecule has 1 N–H and O–H groups in total. The lowest BCUT2D eigenvalue weighted by Gasteiger charge is -2.20. The van der Waals surface area contributed by atoms with Crippen molar-refractivity contribution < 1.29 is 4.39 Å². The largest absolute Gasteiger partial charge is 0.310 e. The fourth-order valence-corrected chi connectivity index (χ4v) is 3.21. The summed E-state index contributed by atoms with van der Waals surface area (Å²) < 4.78 is 14.9. The van der Waals surface area contributed by atoms with Gasteiger partial charge in [0.1, 0.15) is 5.82 Å². The number of hydrogen-bond donors (Lipinski definition) is 1. The van der Waals surface area contributed by atoms with E-state index in [1.807, 2.05) is 25.1 Å². The molecule has 0 aliphatic rings. The number of hydrogen-bond acceptors (Lipinski definition) is 1. The summed E-state index contributed by atoms with van der Waals surface area (Å²) in [5, 5.41) is 4.35. The van der Waals surface area contributed by atoms with Crippen LogP contribution in [0.1, 0.15) is 24.1 Å². The van der Waals surface area contributed by atoms with Crippen molar-refractivity contribution in [2.24, 2.45) is 0 Å². The van der Waals surface area contributed by atoms with Crippen molar-refractivity contribution in [3.63, 3.8) is 0 Å². The summed E-state index contributed by atoms with van der Waals surface area (Å²) in [4.78, 5) is 0. The second-order valence-electron chi connectivity index (χ2n) is 4.70. The molecule has 0 aromatic heterocycles. The zero-order valence-corrected chi connectivity index (χ0v) is 14.6. The fraction of sp³-hybridized carbons (Fsp3) is 0.250. The highest BCUT2D eigenvalue weighted by atomic mass is 79.9. The van der Waals surface area contributed by atoms with Gasteiger partial charge in [-0.1, -0.05) is 58.2 Å². The highest BCUT2D eigenvalue weighted by molar-refractivity contribution is 9.10. The lowest BCUT2D eigenvalue weighted by molar-refractivity contribution is 0.508. The van der Waals surface area contributed by atoms with E-state index in [4.69, 9.17) is 23.2 Å². The van der Waals surface area contributed by atoms with Gasteiger partial charge in [-0.2, -0.15) is 0 Å². The maximum atomic E-state index is 14.2. The molecule has 1 nitrogen and oxygen atoms in total. The topological polar surface area (TPSA) is 12.0 Å². The van der Waals surface area contributed by atoms with Gasteiger partial charge in [-0.05, 0) is 42.8 Å². The molecule has 2 aromatic rings. The van der Waals surface area contributed by atoms with Crippen LogP contribution >= 0.6 is 39.1 Å². The lowest BCUT2D eigenvalue weighted by Crippen LogP contribution is -2.24. The first-order chi connectivity index (χ1) is 10.0. The molecule has 0 saturated carbocycles. The minimum atomic E-state index is -0.226. The van der Waals surface area contributed by atoms with Gasteiger partial charge in [0.2, 0.25) is 0 Å². The summed E-state index contributed by atoms with van der Waals surface area (Å²) in [6.45, 7) is 2.74. The van der Waals surface area contributed by atoms with E-state index in [1.54, 1.807) is 12.1 Å². The maximum Gasteiger partial charge on any atom is 0.129 e. The summed E-state index contributed by atoms with van der Waals surface area (Å²) in [5.41, 5.74) is 1.64. The van der Waals surface area contributed by atoms with Crippen molar-refractivity contribution in [2.45, 2.75) is 19.4 Å². The molecule has 1 atom stereocenters.